The molecule has 0 heterocycles. The number of carboxylic acid groups (broad SMARTS) is 1. The summed E-state index contributed by atoms with van der Waals surface area (Å²) in [5.41, 5.74) is 11.4. The second-order valence-corrected chi connectivity index (χ2v) is 9.26. The number of nitrogens with two attached hydrogens (primary N) is 2. The first-order valence-corrected chi connectivity index (χ1v) is 12.2. The fraction of sp³-hybridized carbons (Fsp3) is 0.412. The Balaban J connectivity index is 3.32. The van der Waals surface area contributed by atoms with Crippen molar-refractivity contribution in [1.82, 2.24) is 15.5 Å². The van der Waals surface area contributed by atoms with Gasteiger partial charge in [-0.3, -0.25) is 14.4 Å². The van der Waals surface area contributed by atoms with E-state index >= 15 is 0 Å². The van der Waals surface area contributed by atoms with Gasteiger partial charge in [-0.1, -0.05) is 0 Å². The second-order valence-electron chi connectivity index (χ2n) is 6.02. The molecule has 0 spiro atoms. The monoisotopic (exact) mass is 772 g/mol. The van der Waals surface area contributed by atoms with E-state index < -0.39 is 11.9 Å². The van der Waals surface area contributed by atoms with Crippen LogP contribution in [0.2, 0.25) is 0 Å². The minimum Gasteiger partial charge on any atom is -0.478 e. The second kappa shape index (κ2) is 13.5. The molecule has 0 aliphatic heterocycles. The molecule has 0 fully saturated rings. The maximum absolute atomic E-state index is 13.4. The molecule has 0 unspecified atom stereocenters. The Hall–Kier alpha value is -0.990. The van der Waals surface area contributed by atoms with Gasteiger partial charge in [0.1, 0.15) is 0 Å². The molecule has 0 aliphatic carbocycles. The number of aromatic carboxylic acids is 1. The largest absolute Gasteiger partial charge is 0.478 e. The van der Waals surface area contributed by atoms with Crippen LogP contribution in [-0.2, 0) is 9.59 Å². The summed E-state index contributed by atoms with van der Waals surface area (Å²) in [7, 11) is 1.65. The maximum atomic E-state index is 13.4. The van der Waals surface area contributed by atoms with E-state index in [2.05, 4.69) is 16.0 Å². The van der Waals surface area contributed by atoms with Crippen LogP contribution in [0.15, 0.2) is 0 Å². The molecule has 0 radical (unpaired) electrons. The normalized spacial score (nSPS) is 10.4. The molecule has 1 aromatic carbocycles. The Morgan fingerprint density at radius 2 is 1.32 bits per heavy atom. The van der Waals surface area contributed by atoms with Crippen molar-refractivity contribution in [3.05, 3.63) is 21.8 Å². The number of nitrogens with zero attached hydrogens (tertiary/aromatic N) is 1. The van der Waals surface area contributed by atoms with E-state index in [0.717, 1.165) is 0 Å². The van der Waals surface area contributed by atoms with Gasteiger partial charge >= 0.3 is 5.97 Å². The van der Waals surface area contributed by atoms with Crippen LogP contribution < -0.4 is 27.4 Å². The average Bonchev–Trinajstić information content (AvgIpc) is 2.71. The molecule has 0 atom stereocenters. The number of amides is 3. The highest BCUT2D eigenvalue weighted by Crippen LogP contribution is 2.36. The molecule has 1 aromatic rings. The van der Waals surface area contributed by atoms with Crippen molar-refractivity contribution >= 4 is 97.2 Å². The molecule has 0 bridgehead atoms. The molecule has 14 heteroatoms. The first-order chi connectivity index (χ1) is 14.6. The molecule has 3 amide bonds. The molecule has 0 saturated heterocycles. The third kappa shape index (κ3) is 7.53. The Labute approximate surface area is 220 Å². The van der Waals surface area contributed by atoms with Gasteiger partial charge in [0.25, 0.3) is 5.91 Å². The lowest BCUT2D eigenvalue weighted by molar-refractivity contribution is -0.120. The van der Waals surface area contributed by atoms with Crippen molar-refractivity contribution in [1.29, 1.82) is 0 Å². The Morgan fingerprint density at radius 1 is 0.871 bits per heavy atom. The predicted molar refractivity (Wildman–Crippen MR) is 141 cm³/mol. The highest BCUT2D eigenvalue weighted by atomic mass is 127. The third-order valence-electron chi connectivity index (χ3n) is 4.06. The van der Waals surface area contributed by atoms with E-state index in [1.807, 2.05) is 67.8 Å². The number of nitrogens with one attached hydrogen (secondary N) is 3. The smallest absolute Gasteiger partial charge is 0.337 e. The van der Waals surface area contributed by atoms with Gasteiger partial charge < -0.3 is 37.4 Å². The number of carboxylic acids is 1. The molecular formula is C17H23I3N6O5. The molecule has 172 valence electrons. The molecule has 8 N–H and O–H groups in total. The number of hydrogen-bond acceptors (Lipinski definition) is 7. The zero-order chi connectivity index (χ0) is 23.7. The molecular weight excluding hydrogens is 749 g/mol. The van der Waals surface area contributed by atoms with E-state index in [1.165, 1.54) is 4.90 Å². The van der Waals surface area contributed by atoms with Gasteiger partial charge in [-0.15, -0.1) is 0 Å². The predicted octanol–water partition coefficient (Wildman–Crippen LogP) is -0.168. The zero-order valence-corrected chi connectivity index (χ0v) is 23.0. The lowest BCUT2D eigenvalue weighted by atomic mass is 10.1. The summed E-state index contributed by atoms with van der Waals surface area (Å²) in [5, 5.41) is 17.8. The van der Waals surface area contributed by atoms with Crippen molar-refractivity contribution in [2.75, 3.05) is 51.6 Å². The minimum absolute atomic E-state index is 0.0298. The molecule has 0 saturated carbocycles. The van der Waals surface area contributed by atoms with E-state index in [1.54, 1.807) is 7.05 Å². The van der Waals surface area contributed by atoms with E-state index in [-0.39, 0.29) is 62.2 Å². The highest BCUT2D eigenvalue weighted by Gasteiger charge is 2.29. The maximum Gasteiger partial charge on any atom is 0.337 e. The average molecular weight is 772 g/mol. The summed E-state index contributed by atoms with van der Waals surface area (Å²) < 4.78 is 1.38. The summed E-state index contributed by atoms with van der Waals surface area (Å²) in [6.07, 6.45) is 0. The lowest BCUT2D eigenvalue weighted by Crippen LogP contribution is -2.44. The van der Waals surface area contributed by atoms with E-state index in [9.17, 15) is 24.3 Å². The number of carbonyl (C=O) groups is 4. The van der Waals surface area contributed by atoms with Crippen LogP contribution in [0.4, 0.5) is 5.69 Å². The zero-order valence-electron chi connectivity index (χ0n) is 16.6. The standard InChI is InChI=1S/C17H23I3N6O5/c1-23-15-13(19)10(12(18)11(14(15)20)17(30)31)16(29)26(4-2-24-8(27)6-21)5-3-25-9(28)7-22/h23H,2-7,21-22H2,1H3,(H,24,27)(H,25,28)(H,30,31). The van der Waals surface area contributed by atoms with Crippen LogP contribution in [0.25, 0.3) is 0 Å². The fourth-order valence-corrected chi connectivity index (χ4v) is 7.17. The topological polar surface area (TPSA) is 180 Å². The van der Waals surface area contributed by atoms with E-state index in [0.29, 0.717) is 16.4 Å². The Bertz CT molecular complexity index is 845. The number of anilines is 1. The number of rotatable bonds is 11. The van der Waals surface area contributed by atoms with Gasteiger partial charge in [-0.25, -0.2) is 4.79 Å². The molecule has 11 nitrogen and oxygen atoms in total. The lowest BCUT2D eigenvalue weighted by Gasteiger charge is -2.26. The minimum atomic E-state index is -1.15. The van der Waals surface area contributed by atoms with Gasteiger partial charge in [0.15, 0.2) is 0 Å². The van der Waals surface area contributed by atoms with Crippen molar-refractivity contribution < 1.29 is 24.3 Å². The van der Waals surface area contributed by atoms with Crippen molar-refractivity contribution in [2.24, 2.45) is 11.5 Å². The number of hydrogen-bond donors (Lipinski definition) is 6. The van der Waals surface area contributed by atoms with Crippen molar-refractivity contribution in [3.8, 4) is 0 Å². The first-order valence-electron chi connectivity index (χ1n) is 8.94. The summed E-state index contributed by atoms with van der Waals surface area (Å²) >= 11 is 5.80. The van der Waals surface area contributed by atoms with Crippen LogP contribution >= 0.6 is 67.8 Å². The summed E-state index contributed by atoms with van der Waals surface area (Å²) in [5.74, 6) is -2.30. The summed E-state index contributed by atoms with van der Waals surface area (Å²) in [6.45, 7) is 0.211. The molecule has 31 heavy (non-hydrogen) atoms. The molecule has 0 aliphatic rings. The van der Waals surface area contributed by atoms with Crippen molar-refractivity contribution in [3.63, 3.8) is 0 Å². The first kappa shape index (κ1) is 28.0. The van der Waals surface area contributed by atoms with E-state index in [4.69, 9.17) is 11.5 Å². The number of halogens is 3. The van der Waals surface area contributed by atoms with Crippen LogP contribution in [0.1, 0.15) is 20.7 Å². The van der Waals surface area contributed by atoms with Gasteiger partial charge in [0.05, 0.1) is 37.0 Å². The SMILES string of the molecule is CNc1c(I)c(C(=O)O)c(I)c(C(=O)N(CCNC(=O)CN)CCNC(=O)CN)c1I. The highest BCUT2D eigenvalue weighted by molar-refractivity contribution is 14.1. The summed E-state index contributed by atoms with van der Waals surface area (Å²) in [6, 6.07) is 0. The quantitative estimate of drug-likeness (QED) is 0.168. The number of benzene rings is 1. The Morgan fingerprint density at radius 3 is 1.71 bits per heavy atom. The van der Waals surface area contributed by atoms with Crippen molar-refractivity contribution in [2.45, 2.75) is 0 Å². The van der Waals surface area contributed by atoms with Gasteiger partial charge in [0, 0.05) is 36.8 Å². The fourth-order valence-electron chi connectivity index (χ4n) is 2.54. The molecule has 1 rings (SSSR count). The van der Waals surface area contributed by atoms with Crippen LogP contribution in [0.5, 0.6) is 0 Å². The van der Waals surface area contributed by atoms with Crippen LogP contribution in [0.3, 0.4) is 0 Å². The number of carbonyl (C=O) groups excluding carboxylic acids is 3. The van der Waals surface area contributed by atoms with Gasteiger partial charge in [-0.05, 0) is 67.8 Å². The molecule has 0 aromatic heterocycles. The Kier molecular flexibility index (Phi) is 12.2. The van der Waals surface area contributed by atoms with Crippen LogP contribution in [-0.4, -0.2) is 80.0 Å². The van der Waals surface area contributed by atoms with Gasteiger partial charge in [0.2, 0.25) is 11.8 Å². The third-order valence-corrected chi connectivity index (χ3v) is 7.30. The van der Waals surface area contributed by atoms with Gasteiger partial charge in [-0.2, -0.15) is 0 Å². The van der Waals surface area contributed by atoms with Crippen LogP contribution in [0, 0.1) is 10.7 Å². The summed E-state index contributed by atoms with van der Waals surface area (Å²) in [4.78, 5) is 49.6.